The van der Waals surface area contributed by atoms with E-state index >= 15 is 0 Å². The van der Waals surface area contributed by atoms with Crippen molar-refractivity contribution < 1.29 is 18.0 Å². The second-order valence-corrected chi connectivity index (χ2v) is 4.03. The van der Waals surface area contributed by atoms with Crippen LogP contribution < -0.4 is 5.32 Å². The van der Waals surface area contributed by atoms with Crippen molar-refractivity contribution in [1.29, 1.82) is 0 Å². The number of benzene rings is 1. The maximum atomic E-state index is 12.7. The van der Waals surface area contributed by atoms with Gasteiger partial charge in [0.15, 0.2) is 0 Å². The highest BCUT2D eigenvalue weighted by atomic mass is 79.9. The summed E-state index contributed by atoms with van der Waals surface area (Å²) < 4.78 is 37.9. The molecular weight excluding hydrogens is 275 g/mol. The Kier molecular flexibility index (Phi) is 2.26. The highest BCUT2D eigenvalue weighted by Gasteiger charge is 2.38. The average molecular weight is 280 g/mol. The molecule has 2 nitrogen and oxygen atoms in total. The van der Waals surface area contributed by atoms with Crippen LogP contribution in [0.5, 0.6) is 0 Å². The van der Waals surface area contributed by atoms with Gasteiger partial charge < -0.3 is 5.32 Å². The van der Waals surface area contributed by atoms with Crippen molar-refractivity contribution in [2.75, 3.05) is 5.32 Å². The number of nitrogens with one attached hydrogen (secondary N) is 1. The molecule has 0 saturated heterocycles. The number of amides is 1. The summed E-state index contributed by atoms with van der Waals surface area (Å²) in [5.41, 5.74) is -0.504. The first-order chi connectivity index (χ1) is 6.89. The van der Waals surface area contributed by atoms with E-state index in [9.17, 15) is 18.0 Å². The quantitative estimate of drug-likeness (QED) is 0.777. The van der Waals surface area contributed by atoms with E-state index in [-0.39, 0.29) is 22.1 Å². The first kappa shape index (κ1) is 10.5. The Morgan fingerprint density at radius 3 is 2.60 bits per heavy atom. The van der Waals surface area contributed by atoms with Crippen LogP contribution in [0.3, 0.4) is 0 Å². The molecule has 1 N–H and O–H groups in total. The minimum absolute atomic E-state index is 0.0156. The average Bonchev–Trinajstić information content (AvgIpc) is 2.41. The van der Waals surface area contributed by atoms with E-state index in [1.54, 1.807) is 0 Å². The number of hydrogen-bond donors (Lipinski definition) is 1. The Balaban J connectivity index is 2.65. The molecule has 0 fully saturated rings. The monoisotopic (exact) mass is 279 g/mol. The molecule has 0 aromatic heterocycles. The van der Waals surface area contributed by atoms with Crippen molar-refractivity contribution in [3.8, 4) is 0 Å². The summed E-state index contributed by atoms with van der Waals surface area (Å²) in [6.45, 7) is 0. The normalized spacial score (nSPS) is 15.1. The SMILES string of the molecule is O=C1Cc2c(ccc(Br)c2C(F)(F)F)N1. The van der Waals surface area contributed by atoms with Gasteiger partial charge in [0.05, 0.1) is 12.0 Å². The van der Waals surface area contributed by atoms with Crippen molar-refractivity contribution in [1.82, 2.24) is 0 Å². The van der Waals surface area contributed by atoms with Crippen LogP contribution in [-0.4, -0.2) is 5.91 Å². The molecule has 1 aromatic rings. The van der Waals surface area contributed by atoms with Gasteiger partial charge in [-0.05, 0) is 17.7 Å². The summed E-state index contributed by atoms with van der Waals surface area (Å²) in [7, 11) is 0. The van der Waals surface area contributed by atoms with Crippen LogP contribution in [0, 0.1) is 0 Å². The molecule has 1 aliphatic rings. The Morgan fingerprint density at radius 2 is 2.00 bits per heavy atom. The van der Waals surface area contributed by atoms with Gasteiger partial charge >= 0.3 is 6.18 Å². The van der Waals surface area contributed by atoms with E-state index < -0.39 is 17.6 Å². The highest BCUT2D eigenvalue weighted by Crippen LogP contribution is 2.41. The van der Waals surface area contributed by atoms with Crippen molar-refractivity contribution in [3.63, 3.8) is 0 Å². The summed E-state index contributed by atoms with van der Waals surface area (Å²) in [6.07, 6.45) is -4.67. The fourth-order valence-electron chi connectivity index (χ4n) is 1.58. The molecule has 0 saturated carbocycles. The summed E-state index contributed by atoms with van der Waals surface area (Å²) in [5.74, 6) is -0.409. The Hall–Kier alpha value is -1.04. The number of halogens is 4. The zero-order valence-electron chi connectivity index (χ0n) is 7.28. The van der Waals surface area contributed by atoms with Gasteiger partial charge in [-0.1, -0.05) is 15.9 Å². The van der Waals surface area contributed by atoms with Gasteiger partial charge in [0, 0.05) is 10.2 Å². The third kappa shape index (κ3) is 1.73. The van der Waals surface area contributed by atoms with E-state index in [0.717, 1.165) is 0 Å². The van der Waals surface area contributed by atoms with E-state index in [4.69, 9.17) is 0 Å². The van der Waals surface area contributed by atoms with E-state index in [1.165, 1.54) is 12.1 Å². The number of rotatable bonds is 0. The fourth-order valence-corrected chi connectivity index (χ4v) is 2.18. The Bertz CT molecular complexity index is 442. The predicted molar refractivity (Wildman–Crippen MR) is 51.5 cm³/mol. The molecule has 0 spiro atoms. The molecule has 1 aliphatic heterocycles. The Morgan fingerprint density at radius 1 is 1.33 bits per heavy atom. The summed E-state index contributed by atoms with van der Waals surface area (Å²) in [4.78, 5) is 11.0. The lowest BCUT2D eigenvalue weighted by molar-refractivity contribution is -0.138. The minimum atomic E-state index is -4.45. The molecular formula is C9H5BrF3NO. The lowest BCUT2D eigenvalue weighted by Crippen LogP contribution is -2.10. The lowest BCUT2D eigenvalue weighted by Gasteiger charge is -2.12. The van der Waals surface area contributed by atoms with Crippen LogP contribution in [0.1, 0.15) is 11.1 Å². The smallest absolute Gasteiger partial charge is 0.326 e. The second-order valence-electron chi connectivity index (χ2n) is 3.17. The summed E-state index contributed by atoms with van der Waals surface area (Å²) in [5, 5.41) is 2.38. The maximum Gasteiger partial charge on any atom is 0.417 e. The molecule has 0 aliphatic carbocycles. The molecule has 0 atom stereocenters. The first-order valence-corrected chi connectivity index (χ1v) is 4.87. The third-order valence-electron chi connectivity index (χ3n) is 2.16. The van der Waals surface area contributed by atoms with Crippen LogP contribution >= 0.6 is 15.9 Å². The van der Waals surface area contributed by atoms with Crippen molar-refractivity contribution in [2.24, 2.45) is 0 Å². The van der Waals surface area contributed by atoms with Gasteiger partial charge in [-0.15, -0.1) is 0 Å². The van der Waals surface area contributed by atoms with Gasteiger partial charge in [0.2, 0.25) is 5.91 Å². The molecule has 0 radical (unpaired) electrons. The van der Waals surface area contributed by atoms with Crippen LogP contribution in [0.2, 0.25) is 0 Å². The van der Waals surface area contributed by atoms with Crippen LogP contribution in [0.4, 0.5) is 18.9 Å². The second kappa shape index (κ2) is 3.23. The van der Waals surface area contributed by atoms with Gasteiger partial charge in [-0.3, -0.25) is 4.79 Å². The van der Waals surface area contributed by atoms with E-state index in [2.05, 4.69) is 21.2 Å². The molecule has 80 valence electrons. The van der Waals surface area contributed by atoms with Crippen molar-refractivity contribution in [3.05, 3.63) is 27.7 Å². The zero-order chi connectivity index (χ0) is 11.2. The molecule has 1 aromatic carbocycles. The number of carbonyl (C=O) groups excluding carboxylic acids is 1. The molecule has 1 heterocycles. The third-order valence-corrected chi connectivity index (χ3v) is 2.82. The van der Waals surface area contributed by atoms with Crippen molar-refractivity contribution >= 4 is 27.5 Å². The van der Waals surface area contributed by atoms with Crippen LogP contribution in [0.25, 0.3) is 0 Å². The minimum Gasteiger partial charge on any atom is -0.326 e. The largest absolute Gasteiger partial charge is 0.417 e. The predicted octanol–water partition coefficient (Wildman–Crippen LogP) is 2.96. The Labute approximate surface area is 91.6 Å². The standard InChI is InChI=1S/C9H5BrF3NO/c10-5-1-2-6-4(3-7(15)14-6)8(5)9(11,12)13/h1-2H,3H2,(H,14,15). The summed E-state index contributed by atoms with van der Waals surface area (Å²) >= 11 is 2.85. The number of anilines is 1. The number of fused-ring (bicyclic) bond motifs is 1. The van der Waals surface area contributed by atoms with Gasteiger partial charge in [0.25, 0.3) is 0 Å². The fraction of sp³-hybridized carbons (Fsp3) is 0.222. The first-order valence-electron chi connectivity index (χ1n) is 4.08. The zero-order valence-corrected chi connectivity index (χ0v) is 8.87. The number of hydrogen-bond acceptors (Lipinski definition) is 1. The molecule has 0 bridgehead atoms. The van der Waals surface area contributed by atoms with Gasteiger partial charge in [-0.25, -0.2) is 0 Å². The van der Waals surface area contributed by atoms with Gasteiger partial charge in [0.1, 0.15) is 0 Å². The van der Waals surface area contributed by atoms with Gasteiger partial charge in [-0.2, -0.15) is 13.2 Å². The van der Waals surface area contributed by atoms with Crippen molar-refractivity contribution in [2.45, 2.75) is 12.6 Å². The van der Waals surface area contributed by atoms with E-state index in [0.29, 0.717) is 0 Å². The molecule has 2 rings (SSSR count). The summed E-state index contributed by atoms with van der Waals surface area (Å²) in [6, 6.07) is 2.74. The number of alkyl halides is 3. The molecule has 15 heavy (non-hydrogen) atoms. The molecule has 1 amide bonds. The topological polar surface area (TPSA) is 29.1 Å². The highest BCUT2D eigenvalue weighted by molar-refractivity contribution is 9.10. The molecule has 6 heteroatoms. The van der Waals surface area contributed by atoms with E-state index in [1.807, 2.05) is 0 Å². The maximum absolute atomic E-state index is 12.7. The number of carbonyl (C=O) groups is 1. The van der Waals surface area contributed by atoms with Crippen LogP contribution in [0.15, 0.2) is 16.6 Å². The van der Waals surface area contributed by atoms with Crippen LogP contribution in [-0.2, 0) is 17.4 Å². The lowest BCUT2D eigenvalue weighted by atomic mass is 10.0. The molecule has 0 unspecified atom stereocenters.